The van der Waals surface area contributed by atoms with Crippen molar-refractivity contribution in [2.75, 3.05) is 0 Å². The Morgan fingerprint density at radius 2 is 1.39 bits per heavy atom. The fourth-order valence-corrected chi connectivity index (χ4v) is 3.21. The van der Waals surface area contributed by atoms with E-state index >= 15 is 0 Å². The first kappa shape index (κ1) is 23.1. The predicted molar refractivity (Wildman–Crippen MR) is 90.0 cm³/mol. The Kier molecular flexibility index (Phi) is 13.5. The van der Waals surface area contributed by atoms with Gasteiger partial charge >= 0.3 is 29.6 Å². The molecular weight excluding hydrogens is 319 g/mol. The number of hydrogen-bond acceptors (Lipinski definition) is 3. The summed E-state index contributed by atoms with van der Waals surface area (Å²) >= 11 is 0. The number of unbranched alkanes of at least 4 members (excludes halogenated alkanes) is 9. The Balaban J connectivity index is 0.00000484. The van der Waals surface area contributed by atoms with Gasteiger partial charge in [-0.25, -0.2) is 8.42 Å². The van der Waals surface area contributed by atoms with Gasteiger partial charge in [-0.15, -0.1) is 0 Å². The molecule has 0 bridgehead atoms. The summed E-state index contributed by atoms with van der Waals surface area (Å²) < 4.78 is 32.9. The molecule has 0 atom stereocenters. The molecule has 0 aliphatic carbocycles. The molecule has 0 amide bonds. The summed E-state index contributed by atoms with van der Waals surface area (Å²) in [5.41, 5.74) is 0.941. The van der Waals surface area contributed by atoms with Crippen molar-refractivity contribution < 1.29 is 42.5 Å². The van der Waals surface area contributed by atoms with Gasteiger partial charge in [-0.2, -0.15) is 0 Å². The molecule has 0 N–H and O–H groups in total. The van der Waals surface area contributed by atoms with E-state index in [0.29, 0.717) is 0 Å². The van der Waals surface area contributed by atoms with Gasteiger partial charge in [0.05, 0.1) is 4.90 Å². The van der Waals surface area contributed by atoms with Crippen LogP contribution in [0.4, 0.5) is 0 Å². The zero-order valence-corrected chi connectivity index (χ0v) is 17.5. The first-order valence-electron chi connectivity index (χ1n) is 8.59. The summed E-state index contributed by atoms with van der Waals surface area (Å²) in [5.74, 6) is 0. The fourth-order valence-electron chi connectivity index (χ4n) is 2.67. The number of hydrogen-bond donors (Lipinski definition) is 0. The first-order valence-corrected chi connectivity index (χ1v) is 9.99. The third-order valence-electron chi connectivity index (χ3n) is 4.01. The van der Waals surface area contributed by atoms with E-state index in [0.717, 1.165) is 18.4 Å². The molecule has 0 heterocycles. The van der Waals surface area contributed by atoms with Crippen molar-refractivity contribution in [3.63, 3.8) is 0 Å². The normalized spacial score (nSPS) is 11.2. The molecule has 0 unspecified atom stereocenters. The summed E-state index contributed by atoms with van der Waals surface area (Å²) in [6, 6.07) is 6.42. The molecule has 1 aromatic carbocycles. The molecular formula is C18H29NaO3S. The van der Waals surface area contributed by atoms with Gasteiger partial charge in [0.2, 0.25) is 0 Å². The van der Waals surface area contributed by atoms with Crippen LogP contribution in [0.3, 0.4) is 0 Å². The third-order valence-corrected chi connectivity index (χ3v) is 4.84. The molecule has 0 spiro atoms. The van der Waals surface area contributed by atoms with Gasteiger partial charge in [-0.3, -0.25) is 0 Å². The van der Waals surface area contributed by atoms with Crippen LogP contribution < -0.4 is 29.6 Å². The molecule has 126 valence electrons. The molecule has 5 heteroatoms. The van der Waals surface area contributed by atoms with E-state index in [9.17, 15) is 13.0 Å². The first-order chi connectivity index (χ1) is 10.5. The Morgan fingerprint density at radius 1 is 0.870 bits per heavy atom. The van der Waals surface area contributed by atoms with Crippen molar-refractivity contribution in [3.05, 3.63) is 29.8 Å². The second kappa shape index (κ2) is 13.4. The predicted octanol–water partition coefficient (Wildman–Crippen LogP) is 2.06. The van der Waals surface area contributed by atoms with E-state index in [1.807, 2.05) is 6.07 Å². The second-order valence-corrected chi connectivity index (χ2v) is 7.41. The minimum atomic E-state index is -4.33. The molecule has 0 aliphatic heterocycles. The van der Waals surface area contributed by atoms with E-state index in [1.54, 1.807) is 6.07 Å². The molecule has 0 fully saturated rings. The minimum Gasteiger partial charge on any atom is -0.744 e. The van der Waals surface area contributed by atoms with Crippen molar-refractivity contribution in [2.45, 2.75) is 82.4 Å². The average Bonchev–Trinajstić information content (AvgIpc) is 2.49. The van der Waals surface area contributed by atoms with Gasteiger partial charge < -0.3 is 4.55 Å². The standard InChI is InChI=1S/C18H30O3S.Na/c1-2-3-4-5-6-7-8-9-10-11-13-17-14-12-15-18(16-17)22(19,20)21;/h12,14-16H,2-11,13H2,1H3,(H,19,20,21);/q;+1/p-1. The van der Waals surface area contributed by atoms with Gasteiger partial charge in [0.15, 0.2) is 0 Å². The maximum absolute atomic E-state index is 11.0. The van der Waals surface area contributed by atoms with Gasteiger partial charge in [0.1, 0.15) is 10.1 Å². The average molecular weight is 348 g/mol. The van der Waals surface area contributed by atoms with Crippen LogP contribution >= 0.6 is 0 Å². The molecule has 1 rings (SSSR count). The van der Waals surface area contributed by atoms with Crippen LogP contribution in [0.15, 0.2) is 29.2 Å². The van der Waals surface area contributed by atoms with E-state index in [2.05, 4.69) is 6.92 Å². The fraction of sp³-hybridized carbons (Fsp3) is 0.667. The maximum atomic E-state index is 11.0. The van der Waals surface area contributed by atoms with E-state index < -0.39 is 10.1 Å². The minimum absolute atomic E-state index is 0. The van der Waals surface area contributed by atoms with Crippen molar-refractivity contribution in [1.29, 1.82) is 0 Å². The number of rotatable bonds is 12. The van der Waals surface area contributed by atoms with Crippen molar-refractivity contribution in [2.24, 2.45) is 0 Å². The van der Waals surface area contributed by atoms with Crippen LogP contribution in [0.25, 0.3) is 0 Å². The Morgan fingerprint density at radius 3 is 1.91 bits per heavy atom. The van der Waals surface area contributed by atoms with Crippen LogP contribution in [0.1, 0.15) is 76.7 Å². The van der Waals surface area contributed by atoms with Gasteiger partial charge in [-0.05, 0) is 30.5 Å². The topological polar surface area (TPSA) is 57.2 Å². The molecule has 0 aromatic heterocycles. The third kappa shape index (κ3) is 11.3. The van der Waals surface area contributed by atoms with Crippen LogP contribution in [0.5, 0.6) is 0 Å². The van der Waals surface area contributed by atoms with E-state index in [4.69, 9.17) is 0 Å². The van der Waals surface area contributed by atoms with Gasteiger partial charge in [-0.1, -0.05) is 76.8 Å². The van der Waals surface area contributed by atoms with Crippen LogP contribution in [-0.4, -0.2) is 13.0 Å². The zero-order valence-electron chi connectivity index (χ0n) is 14.7. The van der Waals surface area contributed by atoms with Crippen molar-refractivity contribution in [1.82, 2.24) is 0 Å². The molecule has 0 saturated heterocycles. The number of aryl methyl sites for hydroxylation is 1. The van der Waals surface area contributed by atoms with Gasteiger partial charge in [0.25, 0.3) is 0 Å². The summed E-state index contributed by atoms with van der Waals surface area (Å²) in [6.45, 7) is 2.24. The van der Waals surface area contributed by atoms with Crippen molar-refractivity contribution >= 4 is 10.1 Å². The quantitative estimate of drug-likeness (QED) is 0.330. The molecule has 0 radical (unpaired) electrons. The molecule has 0 aliphatic rings. The molecule has 23 heavy (non-hydrogen) atoms. The number of benzene rings is 1. The summed E-state index contributed by atoms with van der Waals surface area (Å²) in [5, 5.41) is 0. The molecule has 3 nitrogen and oxygen atoms in total. The Bertz CT molecular complexity index is 515. The largest absolute Gasteiger partial charge is 1.00 e. The van der Waals surface area contributed by atoms with Crippen LogP contribution in [0.2, 0.25) is 0 Å². The Hall–Kier alpha value is 0.130. The maximum Gasteiger partial charge on any atom is 1.00 e. The zero-order chi connectivity index (χ0) is 16.3. The monoisotopic (exact) mass is 348 g/mol. The van der Waals surface area contributed by atoms with E-state index in [-0.39, 0.29) is 34.5 Å². The summed E-state index contributed by atoms with van der Waals surface area (Å²) in [4.78, 5) is -0.114. The SMILES string of the molecule is CCCCCCCCCCCCc1cccc(S(=O)(=O)[O-])c1.[Na+]. The van der Waals surface area contributed by atoms with Crippen molar-refractivity contribution in [3.8, 4) is 0 Å². The van der Waals surface area contributed by atoms with Gasteiger partial charge in [0, 0.05) is 0 Å². The molecule has 1 aromatic rings. The van der Waals surface area contributed by atoms with Crippen LogP contribution in [0, 0.1) is 0 Å². The smallest absolute Gasteiger partial charge is 0.744 e. The second-order valence-electron chi connectivity index (χ2n) is 6.03. The summed E-state index contributed by atoms with van der Waals surface area (Å²) in [7, 11) is -4.33. The van der Waals surface area contributed by atoms with E-state index in [1.165, 1.54) is 69.9 Å². The van der Waals surface area contributed by atoms with Crippen LogP contribution in [-0.2, 0) is 16.5 Å². The Labute approximate surface area is 164 Å². The molecule has 0 saturated carbocycles. The summed E-state index contributed by atoms with van der Waals surface area (Å²) in [6.07, 6.45) is 13.7.